The molecule has 3 heteroatoms. The number of amides is 1. The molecule has 0 saturated carbocycles. The van der Waals surface area contributed by atoms with E-state index in [9.17, 15) is 4.79 Å². The van der Waals surface area contributed by atoms with Crippen LogP contribution in [0.25, 0.3) is 0 Å². The first kappa shape index (κ1) is 11.5. The Morgan fingerprint density at radius 3 is 2.60 bits per heavy atom. The first-order valence-corrected chi connectivity index (χ1v) is 4.84. The Kier molecular flexibility index (Phi) is 4.06. The lowest BCUT2D eigenvalue weighted by Gasteiger charge is -2.12. The van der Waals surface area contributed by atoms with Crippen LogP contribution in [0.5, 0.6) is 0 Å². The first-order valence-electron chi connectivity index (χ1n) is 4.84. The van der Waals surface area contributed by atoms with E-state index in [2.05, 4.69) is 11.9 Å². The van der Waals surface area contributed by atoms with Gasteiger partial charge in [-0.25, -0.2) is 0 Å². The van der Waals surface area contributed by atoms with Gasteiger partial charge in [-0.15, -0.1) is 0 Å². The summed E-state index contributed by atoms with van der Waals surface area (Å²) in [4.78, 5) is 11.6. The molecule has 0 aliphatic rings. The van der Waals surface area contributed by atoms with Gasteiger partial charge in [-0.2, -0.15) is 0 Å². The minimum Gasteiger partial charge on any atom is -0.351 e. The molecule has 1 amide bonds. The molecule has 0 saturated heterocycles. The average molecular weight is 204 g/mol. The fourth-order valence-corrected chi connectivity index (χ4v) is 1.16. The number of nitrogens with two attached hydrogens (primary N) is 1. The molecule has 0 fully saturated rings. The van der Waals surface area contributed by atoms with Crippen LogP contribution in [0.1, 0.15) is 18.5 Å². The van der Waals surface area contributed by atoms with Gasteiger partial charge in [0.15, 0.2) is 0 Å². The van der Waals surface area contributed by atoms with Gasteiger partial charge in [0.25, 0.3) is 0 Å². The summed E-state index contributed by atoms with van der Waals surface area (Å²) in [5, 5.41) is 2.72. The molecule has 1 aromatic carbocycles. The van der Waals surface area contributed by atoms with Crippen molar-refractivity contribution < 1.29 is 4.79 Å². The summed E-state index contributed by atoms with van der Waals surface area (Å²) in [6, 6.07) is 8.69. The number of carbonyl (C=O) groups excluding carboxylic acids is 1. The lowest BCUT2D eigenvalue weighted by molar-refractivity contribution is -0.122. The van der Waals surface area contributed by atoms with Gasteiger partial charge in [-0.1, -0.05) is 42.5 Å². The van der Waals surface area contributed by atoms with E-state index < -0.39 is 6.04 Å². The van der Waals surface area contributed by atoms with Crippen molar-refractivity contribution in [3.8, 4) is 0 Å². The number of hydrogen-bond donors (Lipinski definition) is 2. The SMILES string of the molecule is C=C(C)CNC(=O)[C@@H](N)c1ccccc1. The molecule has 1 aromatic rings. The monoisotopic (exact) mass is 204 g/mol. The van der Waals surface area contributed by atoms with Gasteiger partial charge in [0.2, 0.25) is 5.91 Å². The van der Waals surface area contributed by atoms with E-state index in [-0.39, 0.29) is 5.91 Å². The van der Waals surface area contributed by atoms with Gasteiger partial charge in [0, 0.05) is 6.54 Å². The first-order chi connectivity index (χ1) is 7.11. The summed E-state index contributed by atoms with van der Waals surface area (Å²) in [5.74, 6) is -0.177. The lowest BCUT2D eigenvalue weighted by atomic mass is 10.1. The zero-order valence-corrected chi connectivity index (χ0v) is 8.86. The van der Waals surface area contributed by atoms with E-state index in [4.69, 9.17) is 5.73 Å². The van der Waals surface area contributed by atoms with E-state index in [1.54, 1.807) is 0 Å². The third-order valence-electron chi connectivity index (χ3n) is 2.01. The van der Waals surface area contributed by atoms with Gasteiger partial charge < -0.3 is 11.1 Å². The third-order valence-corrected chi connectivity index (χ3v) is 2.01. The summed E-state index contributed by atoms with van der Waals surface area (Å²) in [6.07, 6.45) is 0. The van der Waals surface area contributed by atoms with Crippen molar-refractivity contribution in [3.05, 3.63) is 48.0 Å². The molecule has 15 heavy (non-hydrogen) atoms. The molecule has 0 unspecified atom stereocenters. The minimum atomic E-state index is -0.606. The maximum atomic E-state index is 11.6. The second-order valence-electron chi connectivity index (χ2n) is 3.56. The molecule has 0 spiro atoms. The van der Waals surface area contributed by atoms with Gasteiger partial charge in [0.05, 0.1) is 0 Å². The number of hydrogen-bond acceptors (Lipinski definition) is 2. The van der Waals surface area contributed by atoms with Crippen molar-refractivity contribution in [2.45, 2.75) is 13.0 Å². The summed E-state index contributed by atoms with van der Waals surface area (Å²) < 4.78 is 0. The van der Waals surface area contributed by atoms with Crippen LogP contribution < -0.4 is 11.1 Å². The molecule has 1 rings (SSSR count). The number of benzene rings is 1. The van der Waals surface area contributed by atoms with Crippen molar-refractivity contribution in [1.82, 2.24) is 5.32 Å². The highest BCUT2D eigenvalue weighted by atomic mass is 16.2. The predicted octanol–water partition coefficient (Wildman–Crippen LogP) is 1.38. The van der Waals surface area contributed by atoms with E-state index in [1.165, 1.54) is 0 Å². The molecular formula is C12H16N2O. The maximum absolute atomic E-state index is 11.6. The average Bonchev–Trinajstić information content (AvgIpc) is 2.26. The second-order valence-corrected chi connectivity index (χ2v) is 3.56. The molecule has 1 atom stereocenters. The summed E-state index contributed by atoms with van der Waals surface area (Å²) in [6.45, 7) is 6.03. The van der Waals surface area contributed by atoms with Crippen LogP contribution in [0.2, 0.25) is 0 Å². The Bertz CT molecular complexity index is 346. The standard InChI is InChI=1S/C12H16N2O/c1-9(2)8-14-12(15)11(13)10-6-4-3-5-7-10/h3-7,11H,1,8,13H2,2H3,(H,14,15)/t11-/m0/s1. The van der Waals surface area contributed by atoms with Crippen LogP contribution in [0.15, 0.2) is 42.5 Å². The molecular weight excluding hydrogens is 188 g/mol. The number of rotatable bonds is 4. The van der Waals surface area contributed by atoms with Crippen LogP contribution in [0.3, 0.4) is 0 Å². The number of carbonyl (C=O) groups is 1. The largest absolute Gasteiger partial charge is 0.351 e. The molecule has 0 heterocycles. The van der Waals surface area contributed by atoms with Crippen LogP contribution in [-0.4, -0.2) is 12.5 Å². The Morgan fingerprint density at radius 2 is 2.07 bits per heavy atom. The van der Waals surface area contributed by atoms with Crippen LogP contribution in [0.4, 0.5) is 0 Å². The smallest absolute Gasteiger partial charge is 0.241 e. The molecule has 80 valence electrons. The summed E-state index contributed by atoms with van der Waals surface area (Å²) >= 11 is 0. The van der Waals surface area contributed by atoms with Crippen molar-refractivity contribution in [2.24, 2.45) is 5.73 Å². The Morgan fingerprint density at radius 1 is 1.47 bits per heavy atom. The molecule has 3 N–H and O–H groups in total. The maximum Gasteiger partial charge on any atom is 0.241 e. The second kappa shape index (κ2) is 5.32. The van der Waals surface area contributed by atoms with Gasteiger partial charge in [-0.3, -0.25) is 4.79 Å². The Labute approximate surface area is 90.0 Å². The highest BCUT2D eigenvalue weighted by molar-refractivity contribution is 5.83. The third kappa shape index (κ3) is 3.56. The van der Waals surface area contributed by atoms with Crippen molar-refractivity contribution in [3.63, 3.8) is 0 Å². The highest BCUT2D eigenvalue weighted by Crippen LogP contribution is 2.08. The van der Waals surface area contributed by atoms with Gasteiger partial charge in [0.1, 0.15) is 6.04 Å². The molecule has 0 bridgehead atoms. The molecule has 3 nitrogen and oxygen atoms in total. The summed E-state index contributed by atoms with van der Waals surface area (Å²) in [5.41, 5.74) is 7.51. The van der Waals surface area contributed by atoms with E-state index in [0.717, 1.165) is 11.1 Å². The van der Waals surface area contributed by atoms with E-state index >= 15 is 0 Å². The van der Waals surface area contributed by atoms with Crippen LogP contribution in [-0.2, 0) is 4.79 Å². The number of nitrogens with one attached hydrogen (secondary N) is 1. The topological polar surface area (TPSA) is 55.1 Å². The van der Waals surface area contributed by atoms with Crippen molar-refractivity contribution in [2.75, 3.05) is 6.54 Å². The zero-order valence-electron chi connectivity index (χ0n) is 8.86. The fraction of sp³-hybridized carbons (Fsp3) is 0.250. The van der Waals surface area contributed by atoms with Crippen LogP contribution in [0, 0.1) is 0 Å². The normalized spacial score (nSPS) is 11.9. The van der Waals surface area contributed by atoms with Crippen LogP contribution >= 0.6 is 0 Å². The molecule has 0 aromatic heterocycles. The highest BCUT2D eigenvalue weighted by Gasteiger charge is 2.14. The Hall–Kier alpha value is -1.61. The molecule has 0 aliphatic heterocycles. The molecule has 0 radical (unpaired) electrons. The van der Waals surface area contributed by atoms with Crippen molar-refractivity contribution in [1.29, 1.82) is 0 Å². The van der Waals surface area contributed by atoms with Gasteiger partial charge in [-0.05, 0) is 12.5 Å². The van der Waals surface area contributed by atoms with Crippen molar-refractivity contribution >= 4 is 5.91 Å². The minimum absolute atomic E-state index is 0.177. The fourth-order valence-electron chi connectivity index (χ4n) is 1.16. The summed E-state index contributed by atoms with van der Waals surface area (Å²) in [7, 11) is 0. The predicted molar refractivity (Wildman–Crippen MR) is 61.2 cm³/mol. The lowest BCUT2D eigenvalue weighted by Crippen LogP contribution is -2.34. The quantitative estimate of drug-likeness (QED) is 0.728. The molecule has 0 aliphatic carbocycles. The van der Waals surface area contributed by atoms with Gasteiger partial charge >= 0.3 is 0 Å². The van der Waals surface area contributed by atoms with E-state index in [1.807, 2.05) is 37.3 Å². The zero-order chi connectivity index (χ0) is 11.3. The van der Waals surface area contributed by atoms with E-state index in [0.29, 0.717) is 6.54 Å². The Balaban J connectivity index is 2.57.